The highest BCUT2D eigenvalue weighted by molar-refractivity contribution is 5.97. The zero-order valence-corrected chi connectivity index (χ0v) is 16.3. The molecule has 1 aliphatic carbocycles. The van der Waals surface area contributed by atoms with Gasteiger partial charge in [0, 0.05) is 23.7 Å². The summed E-state index contributed by atoms with van der Waals surface area (Å²) < 4.78 is 25.5. The Hall–Kier alpha value is -3.29. The molecule has 4 rings (SSSR count). The number of hydrogen-bond donors (Lipinski definition) is 3. The number of anilines is 1. The van der Waals surface area contributed by atoms with Gasteiger partial charge in [-0.2, -0.15) is 0 Å². The summed E-state index contributed by atoms with van der Waals surface area (Å²) in [5.41, 5.74) is 2.66. The summed E-state index contributed by atoms with van der Waals surface area (Å²) in [6.45, 7) is 0.273. The highest BCUT2D eigenvalue weighted by Gasteiger charge is 2.22. The van der Waals surface area contributed by atoms with E-state index < -0.39 is 12.2 Å². The van der Waals surface area contributed by atoms with Crippen LogP contribution in [0.2, 0.25) is 0 Å². The van der Waals surface area contributed by atoms with Gasteiger partial charge < -0.3 is 15.6 Å². The lowest BCUT2D eigenvalue weighted by molar-refractivity contribution is -0.119. The van der Waals surface area contributed by atoms with Gasteiger partial charge in [-0.25, -0.2) is 13.8 Å². The van der Waals surface area contributed by atoms with Gasteiger partial charge in [0.2, 0.25) is 5.91 Å². The maximum absolute atomic E-state index is 12.8. The van der Waals surface area contributed by atoms with Crippen molar-refractivity contribution in [3.8, 4) is 0 Å². The summed E-state index contributed by atoms with van der Waals surface area (Å²) in [6, 6.07) is 11.9. The number of amides is 2. The van der Waals surface area contributed by atoms with Crippen LogP contribution in [-0.2, 0) is 11.3 Å². The van der Waals surface area contributed by atoms with Gasteiger partial charge in [0.25, 0.3) is 12.3 Å². The van der Waals surface area contributed by atoms with E-state index in [1.807, 2.05) is 24.3 Å². The minimum Gasteiger partial charge on any atom is -0.348 e. The van der Waals surface area contributed by atoms with Gasteiger partial charge in [-0.1, -0.05) is 25.0 Å². The highest BCUT2D eigenvalue weighted by Crippen LogP contribution is 2.26. The number of rotatable bonds is 6. The number of carbonyl (C=O) groups is 2. The zero-order chi connectivity index (χ0) is 21.1. The molecule has 0 aliphatic heterocycles. The number of fused-ring (bicyclic) bond motifs is 1. The molecule has 2 amide bonds. The van der Waals surface area contributed by atoms with Crippen molar-refractivity contribution in [3.05, 3.63) is 59.4 Å². The Morgan fingerprint density at radius 3 is 2.70 bits per heavy atom. The smallest absolute Gasteiger partial charge is 0.295 e. The highest BCUT2D eigenvalue weighted by atomic mass is 19.3. The molecule has 1 aromatic heterocycles. The van der Waals surface area contributed by atoms with Crippen LogP contribution in [0.15, 0.2) is 42.5 Å². The van der Waals surface area contributed by atoms with Gasteiger partial charge >= 0.3 is 0 Å². The van der Waals surface area contributed by atoms with E-state index in [0.29, 0.717) is 22.3 Å². The number of imidazole rings is 1. The first kappa shape index (κ1) is 20.0. The summed E-state index contributed by atoms with van der Waals surface area (Å²) in [5.74, 6) is -0.620. The number of hydrogen-bond acceptors (Lipinski definition) is 3. The van der Waals surface area contributed by atoms with Crippen molar-refractivity contribution in [2.24, 2.45) is 5.92 Å². The van der Waals surface area contributed by atoms with E-state index in [9.17, 15) is 18.4 Å². The van der Waals surface area contributed by atoms with E-state index in [0.717, 1.165) is 31.2 Å². The van der Waals surface area contributed by atoms with Crippen molar-refractivity contribution >= 4 is 28.5 Å². The molecule has 0 atom stereocenters. The van der Waals surface area contributed by atoms with E-state index in [1.54, 1.807) is 6.07 Å². The molecule has 0 bridgehead atoms. The van der Waals surface area contributed by atoms with E-state index in [1.165, 1.54) is 12.1 Å². The molecule has 0 spiro atoms. The second-order valence-corrected chi connectivity index (χ2v) is 7.51. The Balaban J connectivity index is 1.38. The first-order chi connectivity index (χ1) is 14.5. The summed E-state index contributed by atoms with van der Waals surface area (Å²) in [6.07, 6.45) is 1.36. The Bertz CT molecular complexity index is 1070. The maximum Gasteiger partial charge on any atom is 0.295 e. The molecule has 0 unspecified atom stereocenters. The summed E-state index contributed by atoms with van der Waals surface area (Å²) in [4.78, 5) is 31.1. The number of aromatic nitrogens is 2. The van der Waals surface area contributed by atoms with Crippen molar-refractivity contribution in [1.82, 2.24) is 15.3 Å². The van der Waals surface area contributed by atoms with Crippen LogP contribution in [0, 0.1) is 5.92 Å². The minimum absolute atomic E-state index is 0.0460. The van der Waals surface area contributed by atoms with Crippen molar-refractivity contribution < 1.29 is 18.4 Å². The van der Waals surface area contributed by atoms with Crippen molar-refractivity contribution in [3.63, 3.8) is 0 Å². The number of halogens is 2. The van der Waals surface area contributed by atoms with Gasteiger partial charge in [0.05, 0.1) is 11.0 Å². The molecular weight excluding hydrogens is 390 g/mol. The molecule has 0 saturated heterocycles. The predicted molar refractivity (Wildman–Crippen MR) is 109 cm³/mol. The third-order valence-electron chi connectivity index (χ3n) is 5.34. The van der Waals surface area contributed by atoms with Crippen molar-refractivity contribution in [2.75, 3.05) is 5.32 Å². The SMILES string of the molecule is O=C(NCc1cccc(NC(=O)C2CCCC2)c1)c1ccc2nc(C(F)F)[nH]c2c1. The monoisotopic (exact) mass is 412 g/mol. The Kier molecular flexibility index (Phi) is 5.74. The van der Waals surface area contributed by atoms with Gasteiger partial charge in [0.15, 0.2) is 5.82 Å². The normalized spacial score (nSPS) is 14.4. The number of carbonyl (C=O) groups excluding carboxylic acids is 2. The van der Waals surface area contributed by atoms with Crippen LogP contribution in [-0.4, -0.2) is 21.8 Å². The van der Waals surface area contributed by atoms with E-state index in [-0.39, 0.29) is 24.3 Å². The maximum atomic E-state index is 12.8. The largest absolute Gasteiger partial charge is 0.348 e. The average molecular weight is 412 g/mol. The molecule has 8 heteroatoms. The van der Waals surface area contributed by atoms with Crippen LogP contribution in [0.4, 0.5) is 14.5 Å². The van der Waals surface area contributed by atoms with Gasteiger partial charge in [-0.3, -0.25) is 9.59 Å². The topological polar surface area (TPSA) is 86.9 Å². The predicted octanol–water partition coefficient (Wildman–Crippen LogP) is 4.56. The quantitative estimate of drug-likeness (QED) is 0.555. The lowest BCUT2D eigenvalue weighted by Crippen LogP contribution is -2.23. The molecular formula is C22H22F2N4O2. The minimum atomic E-state index is -2.70. The Morgan fingerprint density at radius 1 is 1.13 bits per heavy atom. The number of H-pyrrole nitrogens is 1. The zero-order valence-electron chi connectivity index (χ0n) is 16.3. The first-order valence-corrected chi connectivity index (χ1v) is 9.95. The molecule has 3 N–H and O–H groups in total. The lowest BCUT2D eigenvalue weighted by atomic mass is 10.1. The Labute approximate surface area is 172 Å². The molecule has 30 heavy (non-hydrogen) atoms. The fourth-order valence-corrected chi connectivity index (χ4v) is 3.75. The summed E-state index contributed by atoms with van der Waals surface area (Å²) >= 11 is 0. The number of aromatic amines is 1. The van der Waals surface area contributed by atoms with Crippen LogP contribution in [0.1, 0.15) is 53.9 Å². The van der Waals surface area contributed by atoms with E-state index in [2.05, 4.69) is 20.6 Å². The molecule has 1 saturated carbocycles. The Morgan fingerprint density at radius 2 is 1.93 bits per heavy atom. The summed E-state index contributed by atoms with van der Waals surface area (Å²) in [7, 11) is 0. The van der Waals surface area contributed by atoms with E-state index in [4.69, 9.17) is 0 Å². The first-order valence-electron chi connectivity index (χ1n) is 9.95. The van der Waals surface area contributed by atoms with Crippen LogP contribution >= 0.6 is 0 Å². The fraction of sp³-hybridized carbons (Fsp3) is 0.318. The average Bonchev–Trinajstić information content (AvgIpc) is 3.41. The van der Waals surface area contributed by atoms with Gasteiger partial charge in [-0.05, 0) is 48.7 Å². The van der Waals surface area contributed by atoms with Crippen LogP contribution in [0.25, 0.3) is 11.0 Å². The van der Waals surface area contributed by atoms with E-state index >= 15 is 0 Å². The molecule has 3 aromatic rings. The molecule has 1 heterocycles. The molecule has 156 valence electrons. The van der Waals surface area contributed by atoms with Crippen LogP contribution < -0.4 is 10.6 Å². The van der Waals surface area contributed by atoms with Crippen LogP contribution in [0.5, 0.6) is 0 Å². The van der Waals surface area contributed by atoms with Crippen molar-refractivity contribution in [1.29, 1.82) is 0 Å². The van der Waals surface area contributed by atoms with Crippen molar-refractivity contribution in [2.45, 2.75) is 38.7 Å². The lowest BCUT2D eigenvalue weighted by Gasteiger charge is -2.12. The number of alkyl halides is 2. The second kappa shape index (κ2) is 8.61. The standard InChI is InChI=1S/C22H22F2N4O2/c23-19(24)20-27-17-9-8-15(11-18(17)28-20)21(29)25-12-13-4-3-7-16(10-13)26-22(30)14-5-1-2-6-14/h3-4,7-11,14,19H,1-2,5-6,12H2,(H,25,29)(H,26,30)(H,27,28). The van der Waals surface area contributed by atoms with Gasteiger partial charge in [-0.15, -0.1) is 0 Å². The molecule has 1 fully saturated rings. The molecule has 0 radical (unpaired) electrons. The van der Waals surface area contributed by atoms with Gasteiger partial charge in [0.1, 0.15) is 0 Å². The fourth-order valence-electron chi connectivity index (χ4n) is 3.75. The third kappa shape index (κ3) is 4.48. The van der Waals surface area contributed by atoms with Crippen LogP contribution in [0.3, 0.4) is 0 Å². The number of benzene rings is 2. The number of nitrogens with one attached hydrogen (secondary N) is 3. The molecule has 6 nitrogen and oxygen atoms in total. The molecule has 1 aliphatic rings. The number of nitrogens with zero attached hydrogens (tertiary/aromatic N) is 1. The second-order valence-electron chi connectivity index (χ2n) is 7.51. The molecule has 2 aromatic carbocycles. The summed E-state index contributed by atoms with van der Waals surface area (Å²) in [5, 5.41) is 5.76. The third-order valence-corrected chi connectivity index (χ3v) is 5.34.